The quantitative estimate of drug-likeness (QED) is 0.736. The van der Waals surface area contributed by atoms with E-state index in [1.165, 1.54) is 0 Å². The topological polar surface area (TPSA) is 26.3 Å². The smallest absolute Gasteiger partial charge is 0.311 e. The van der Waals surface area contributed by atoms with E-state index in [0.717, 1.165) is 0 Å². The highest BCUT2D eigenvalue weighted by molar-refractivity contribution is 7.10. The first-order chi connectivity index (χ1) is 6.56. The average molecular weight is 224 g/mol. The third-order valence-electron chi connectivity index (χ3n) is 1.43. The number of rotatable bonds is 3. The number of carbonyl (C=O) groups excluding carboxylic acids is 1. The fourth-order valence-electron chi connectivity index (χ4n) is 0.863. The lowest BCUT2D eigenvalue weighted by atomic mass is 10.3. The summed E-state index contributed by atoms with van der Waals surface area (Å²) in [6, 6.07) is 0. The molecule has 1 heterocycles. The summed E-state index contributed by atoms with van der Waals surface area (Å²) >= 11 is 0.278. The average Bonchev–Trinajstić information content (AvgIpc) is 2.34. The molecule has 1 aromatic heterocycles. The second kappa shape index (κ2) is 4.45. The van der Waals surface area contributed by atoms with Gasteiger partial charge >= 0.3 is 5.97 Å². The lowest BCUT2D eigenvalue weighted by Gasteiger charge is -1.98. The molecule has 0 saturated carbocycles. The van der Waals surface area contributed by atoms with Gasteiger partial charge in [0.25, 0.3) is 0 Å². The van der Waals surface area contributed by atoms with Crippen LogP contribution in [-0.2, 0) is 16.0 Å². The van der Waals surface area contributed by atoms with Crippen molar-refractivity contribution in [2.75, 3.05) is 6.61 Å². The molecule has 1 rings (SSSR count). The predicted molar refractivity (Wildman–Crippen MR) is 44.5 cm³/mol. The zero-order chi connectivity index (χ0) is 10.7. The summed E-state index contributed by atoms with van der Waals surface area (Å²) in [6.07, 6.45) is -0.439. The van der Waals surface area contributed by atoms with E-state index >= 15 is 0 Å². The molecule has 78 valence electrons. The van der Waals surface area contributed by atoms with Crippen molar-refractivity contribution in [3.63, 3.8) is 0 Å². The normalized spacial score (nSPS) is 10.3. The first-order valence-electron chi connectivity index (χ1n) is 3.84. The highest BCUT2D eigenvalue weighted by Crippen LogP contribution is 2.24. The molecule has 0 fully saturated rings. The fraction of sp³-hybridized carbons (Fsp3) is 0.375. The Bertz CT molecular complexity index is 349. The van der Waals surface area contributed by atoms with E-state index in [1.54, 1.807) is 6.92 Å². The number of hydrogen-bond acceptors (Lipinski definition) is 3. The van der Waals surface area contributed by atoms with Crippen LogP contribution in [0.3, 0.4) is 0 Å². The molecule has 0 radical (unpaired) electrons. The molecule has 0 aliphatic carbocycles. The minimum atomic E-state index is -1.53. The lowest BCUT2D eigenvalue weighted by molar-refractivity contribution is -0.142. The zero-order valence-corrected chi connectivity index (χ0v) is 8.09. The van der Waals surface area contributed by atoms with Crippen LogP contribution in [0.5, 0.6) is 0 Å². The summed E-state index contributed by atoms with van der Waals surface area (Å²) in [7, 11) is 0. The number of esters is 1. The van der Waals surface area contributed by atoms with Crippen molar-refractivity contribution < 1.29 is 22.7 Å². The van der Waals surface area contributed by atoms with Crippen molar-refractivity contribution >= 4 is 17.3 Å². The standard InChI is InChI=1S/C8H7F3O2S/c1-2-13-5(12)3-4-6(9)7(10)8(11)14-4/h2-3H2,1H3. The number of hydrogen-bond donors (Lipinski definition) is 0. The van der Waals surface area contributed by atoms with Gasteiger partial charge in [-0.1, -0.05) is 0 Å². The van der Waals surface area contributed by atoms with Crippen LogP contribution >= 0.6 is 11.3 Å². The Morgan fingerprint density at radius 1 is 1.36 bits per heavy atom. The molecule has 0 spiro atoms. The highest BCUT2D eigenvalue weighted by atomic mass is 32.1. The molecule has 1 aromatic rings. The monoisotopic (exact) mass is 224 g/mol. The third kappa shape index (κ3) is 2.25. The summed E-state index contributed by atoms with van der Waals surface area (Å²) in [4.78, 5) is 10.6. The molecular weight excluding hydrogens is 217 g/mol. The molecule has 0 unspecified atom stereocenters. The molecule has 6 heteroatoms. The van der Waals surface area contributed by atoms with Crippen LogP contribution in [0.25, 0.3) is 0 Å². The highest BCUT2D eigenvalue weighted by Gasteiger charge is 2.20. The molecular formula is C8H7F3O2S. The number of carbonyl (C=O) groups is 1. The van der Waals surface area contributed by atoms with E-state index in [-0.39, 0.29) is 22.8 Å². The Kier molecular flexibility index (Phi) is 3.51. The predicted octanol–water partition coefficient (Wildman–Crippen LogP) is 2.27. The largest absolute Gasteiger partial charge is 0.466 e. The van der Waals surface area contributed by atoms with E-state index < -0.39 is 29.2 Å². The van der Waals surface area contributed by atoms with E-state index in [9.17, 15) is 18.0 Å². The van der Waals surface area contributed by atoms with E-state index in [4.69, 9.17) is 0 Å². The maximum atomic E-state index is 12.8. The first kappa shape index (κ1) is 11.0. The van der Waals surface area contributed by atoms with E-state index in [1.807, 2.05) is 0 Å². The second-order valence-electron chi connectivity index (χ2n) is 2.41. The van der Waals surface area contributed by atoms with Crippen molar-refractivity contribution in [3.05, 3.63) is 21.6 Å². The summed E-state index contributed by atoms with van der Waals surface area (Å²) in [6.45, 7) is 1.74. The van der Waals surface area contributed by atoms with E-state index in [0.29, 0.717) is 0 Å². The molecule has 0 amide bonds. The van der Waals surface area contributed by atoms with Crippen LogP contribution in [0.2, 0.25) is 0 Å². The molecule has 0 saturated heterocycles. The molecule has 0 aliphatic heterocycles. The van der Waals surface area contributed by atoms with Gasteiger partial charge in [-0.15, -0.1) is 11.3 Å². The van der Waals surface area contributed by atoms with Crippen molar-refractivity contribution in [1.82, 2.24) is 0 Å². The van der Waals surface area contributed by atoms with Crippen LogP contribution in [0, 0.1) is 16.8 Å². The van der Waals surface area contributed by atoms with Gasteiger partial charge < -0.3 is 4.74 Å². The number of ether oxygens (including phenoxy) is 1. The molecule has 0 bridgehead atoms. The fourth-order valence-corrected chi connectivity index (χ4v) is 1.63. The van der Waals surface area contributed by atoms with Crippen molar-refractivity contribution in [3.8, 4) is 0 Å². The van der Waals surface area contributed by atoms with E-state index in [2.05, 4.69) is 4.74 Å². The second-order valence-corrected chi connectivity index (χ2v) is 3.46. The lowest BCUT2D eigenvalue weighted by Crippen LogP contribution is -2.07. The van der Waals surface area contributed by atoms with Crippen molar-refractivity contribution in [1.29, 1.82) is 0 Å². The van der Waals surface area contributed by atoms with Crippen LogP contribution in [0.1, 0.15) is 11.8 Å². The van der Waals surface area contributed by atoms with Gasteiger partial charge in [-0.2, -0.15) is 8.78 Å². The van der Waals surface area contributed by atoms with Gasteiger partial charge in [-0.3, -0.25) is 4.79 Å². The maximum absolute atomic E-state index is 12.8. The van der Waals surface area contributed by atoms with Crippen LogP contribution in [0.4, 0.5) is 13.2 Å². The maximum Gasteiger partial charge on any atom is 0.311 e. The van der Waals surface area contributed by atoms with Gasteiger partial charge in [-0.25, -0.2) is 4.39 Å². The Labute approximate surface area is 82.3 Å². The van der Waals surface area contributed by atoms with Crippen molar-refractivity contribution in [2.24, 2.45) is 0 Å². The summed E-state index contributed by atoms with van der Waals surface area (Å²) in [5.41, 5.74) is 0. The van der Waals surface area contributed by atoms with Gasteiger partial charge in [0.1, 0.15) is 0 Å². The third-order valence-corrected chi connectivity index (χ3v) is 2.36. The Morgan fingerprint density at radius 3 is 2.43 bits per heavy atom. The van der Waals surface area contributed by atoms with Crippen LogP contribution in [0.15, 0.2) is 0 Å². The summed E-state index contributed by atoms with van der Waals surface area (Å²) < 4.78 is 42.3. The SMILES string of the molecule is CCOC(=O)Cc1sc(F)c(F)c1F. The van der Waals surface area contributed by atoms with Gasteiger partial charge in [0.15, 0.2) is 5.82 Å². The summed E-state index contributed by atoms with van der Waals surface area (Å²) in [5, 5.41) is -1.25. The Morgan fingerprint density at radius 2 is 2.00 bits per heavy atom. The number of halogens is 3. The van der Waals surface area contributed by atoms with Gasteiger partial charge in [0, 0.05) is 0 Å². The number of thiophene rings is 1. The van der Waals surface area contributed by atoms with Crippen molar-refractivity contribution in [2.45, 2.75) is 13.3 Å². The molecule has 0 atom stereocenters. The molecule has 2 nitrogen and oxygen atoms in total. The summed E-state index contributed by atoms with van der Waals surface area (Å²) in [5.74, 6) is -3.54. The van der Waals surface area contributed by atoms with Gasteiger partial charge in [0.2, 0.25) is 10.9 Å². The van der Waals surface area contributed by atoms with Gasteiger partial charge in [-0.05, 0) is 6.92 Å². The first-order valence-corrected chi connectivity index (χ1v) is 4.65. The van der Waals surface area contributed by atoms with Gasteiger partial charge in [0.05, 0.1) is 17.9 Å². The molecule has 0 aromatic carbocycles. The zero-order valence-electron chi connectivity index (χ0n) is 7.27. The molecule has 0 N–H and O–H groups in total. The Balaban J connectivity index is 2.77. The van der Waals surface area contributed by atoms with Crippen LogP contribution in [-0.4, -0.2) is 12.6 Å². The molecule has 0 aliphatic rings. The minimum absolute atomic E-state index is 0.150. The van der Waals surface area contributed by atoms with Crippen LogP contribution < -0.4 is 0 Å². The minimum Gasteiger partial charge on any atom is -0.466 e. The Hall–Kier alpha value is -1.04. The molecule has 14 heavy (non-hydrogen) atoms.